The molecule has 0 saturated heterocycles. The summed E-state index contributed by atoms with van der Waals surface area (Å²) in [5, 5.41) is 7.26. The van der Waals surface area contributed by atoms with E-state index in [1.807, 2.05) is 36.4 Å². The van der Waals surface area contributed by atoms with Crippen molar-refractivity contribution in [3.63, 3.8) is 0 Å². The van der Waals surface area contributed by atoms with Gasteiger partial charge < -0.3 is 10.1 Å². The minimum absolute atomic E-state index is 0.0708. The number of carbonyl (C=O) groups excluding carboxylic acids is 1. The average molecular weight is 380 g/mol. The highest BCUT2D eigenvalue weighted by Gasteiger charge is 2.07. The van der Waals surface area contributed by atoms with Gasteiger partial charge in [-0.1, -0.05) is 43.3 Å². The van der Waals surface area contributed by atoms with Crippen molar-refractivity contribution in [3.8, 4) is 16.9 Å². The molecule has 1 heterocycles. The van der Waals surface area contributed by atoms with E-state index in [2.05, 4.69) is 41.2 Å². The fourth-order valence-electron chi connectivity index (χ4n) is 2.89. The lowest BCUT2D eigenvalue weighted by Gasteiger charge is -2.10. The lowest BCUT2D eigenvalue weighted by atomic mass is 10.0. The zero-order valence-corrected chi connectivity index (χ0v) is 16.4. The van der Waals surface area contributed by atoms with Crippen molar-refractivity contribution < 1.29 is 9.53 Å². The Morgan fingerprint density at radius 1 is 1.07 bits per heavy atom. The van der Waals surface area contributed by atoms with E-state index >= 15 is 0 Å². The number of aryl methyl sites for hydroxylation is 1. The summed E-state index contributed by atoms with van der Waals surface area (Å²) in [5.41, 5.74) is 4.67. The van der Waals surface area contributed by atoms with Crippen LogP contribution in [0.15, 0.2) is 65.4 Å². The first-order chi connectivity index (χ1) is 13.3. The summed E-state index contributed by atoms with van der Waals surface area (Å²) in [7, 11) is 0. The number of nitrogens with one attached hydrogen (secondary N) is 1. The number of hydrogen-bond donors (Lipinski definition) is 1. The smallest absolute Gasteiger partial charge is 0.220 e. The van der Waals surface area contributed by atoms with Crippen LogP contribution in [0.1, 0.15) is 30.9 Å². The topological polar surface area (TPSA) is 38.3 Å². The van der Waals surface area contributed by atoms with Crippen molar-refractivity contribution in [2.45, 2.75) is 32.7 Å². The Kier molecular flexibility index (Phi) is 7.05. The largest absolute Gasteiger partial charge is 0.494 e. The number of carbonyl (C=O) groups is 1. The highest BCUT2D eigenvalue weighted by atomic mass is 32.1. The molecule has 3 nitrogen and oxygen atoms in total. The first-order valence-electron chi connectivity index (χ1n) is 9.35. The van der Waals surface area contributed by atoms with Crippen molar-refractivity contribution in [3.05, 3.63) is 76.5 Å². The molecule has 27 heavy (non-hydrogen) atoms. The van der Waals surface area contributed by atoms with Crippen molar-refractivity contribution >= 4 is 17.2 Å². The molecule has 2 aromatic carbocycles. The molecule has 0 aliphatic carbocycles. The van der Waals surface area contributed by atoms with Gasteiger partial charge in [0.1, 0.15) is 5.75 Å². The van der Waals surface area contributed by atoms with Gasteiger partial charge in [-0.25, -0.2) is 0 Å². The second kappa shape index (κ2) is 9.93. The molecule has 1 amide bonds. The lowest BCUT2D eigenvalue weighted by molar-refractivity contribution is -0.121. The van der Waals surface area contributed by atoms with Gasteiger partial charge in [0.05, 0.1) is 6.61 Å². The summed E-state index contributed by atoms with van der Waals surface area (Å²) in [6.45, 7) is 3.37. The zero-order valence-electron chi connectivity index (χ0n) is 15.6. The maximum absolute atomic E-state index is 12.3. The van der Waals surface area contributed by atoms with Gasteiger partial charge in [-0.15, -0.1) is 0 Å². The summed E-state index contributed by atoms with van der Waals surface area (Å²) in [6.07, 6.45) is 2.21. The highest BCUT2D eigenvalue weighted by molar-refractivity contribution is 7.08. The van der Waals surface area contributed by atoms with Gasteiger partial charge in [0.15, 0.2) is 0 Å². The van der Waals surface area contributed by atoms with Crippen LogP contribution in [0.5, 0.6) is 5.75 Å². The van der Waals surface area contributed by atoms with Crippen LogP contribution in [0.2, 0.25) is 0 Å². The molecule has 0 unspecified atom stereocenters. The fraction of sp³-hybridized carbons (Fsp3) is 0.261. The Bertz CT molecular complexity index is 841. The van der Waals surface area contributed by atoms with E-state index in [-0.39, 0.29) is 5.91 Å². The molecule has 0 atom stereocenters. The van der Waals surface area contributed by atoms with Crippen molar-refractivity contribution in [2.75, 3.05) is 6.61 Å². The Morgan fingerprint density at radius 2 is 1.89 bits per heavy atom. The molecule has 0 saturated carbocycles. The molecule has 3 aromatic rings. The first kappa shape index (κ1) is 19.2. The van der Waals surface area contributed by atoms with Gasteiger partial charge in [-0.05, 0) is 64.1 Å². The molecule has 0 aliphatic rings. The van der Waals surface area contributed by atoms with E-state index in [1.165, 1.54) is 11.1 Å². The van der Waals surface area contributed by atoms with Crippen LogP contribution < -0.4 is 10.1 Å². The van der Waals surface area contributed by atoms with E-state index in [0.717, 1.165) is 36.3 Å². The summed E-state index contributed by atoms with van der Waals surface area (Å²) in [5.74, 6) is 0.955. The summed E-state index contributed by atoms with van der Waals surface area (Å²) < 4.78 is 5.59. The van der Waals surface area contributed by atoms with E-state index in [4.69, 9.17) is 4.74 Å². The number of ether oxygens (including phenoxy) is 1. The Hall–Kier alpha value is -2.59. The van der Waals surface area contributed by atoms with Crippen molar-refractivity contribution in [1.82, 2.24) is 5.32 Å². The molecule has 1 N–H and O–H groups in total. The second-order valence-electron chi connectivity index (χ2n) is 6.44. The highest BCUT2D eigenvalue weighted by Crippen LogP contribution is 2.25. The molecule has 1 aromatic heterocycles. The molecule has 0 fully saturated rings. The number of rotatable bonds is 9. The Labute approximate surface area is 165 Å². The van der Waals surface area contributed by atoms with Crippen LogP contribution in [0.3, 0.4) is 0 Å². The molecular formula is C23H25NO2S. The monoisotopic (exact) mass is 379 g/mol. The van der Waals surface area contributed by atoms with Gasteiger partial charge in [0.2, 0.25) is 5.91 Å². The van der Waals surface area contributed by atoms with E-state index in [9.17, 15) is 4.79 Å². The summed E-state index contributed by atoms with van der Waals surface area (Å²) >= 11 is 1.68. The van der Waals surface area contributed by atoms with Crippen molar-refractivity contribution in [2.24, 2.45) is 0 Å². The Morgan fingerprint density at radius 3 is 2.63 bits per heavy atom. The lowest BCUT2D eigenvalue weighted by Crippen LogP contribution is -2.23. The average Bonchev–Trinajstić information content (AvgIpc) is 3.25. The van der Waals surface area contributed by atoms with Gasteiger partial charge in [-0.2, -0.15) is 11.3 Å². The molecule has 3 rings (SSSR count). The van der Waals surface area contributed by atoms with Gasteiger partial charge in [-0.3, -0.25) is 4.79 Å². The van der Waals surface area contributed by atoms with E-state index in [1.54, 1.807) is 11.3 Å². The predicted molar refractivity (Wildman–Crippen MR) is 112 cm³/mol. The third-order valence-electron chi connectivity index (χ3n) is 4.36. The molecule has 0 radical (unpaired) electrons. The maximum atomic E-state index is 12.3. The quantitative estimate of drug-likeness (QED) is 0.537. The fourth-order valence-corrected chi connectivity index (χ4v) is 3.54. The molecular weight excluding hydrogens is 354 g/mol. The zero-order chi connectivity index (χ0) is 18.9. The minimum atomic E-state index is 0.0708. The molecule has 4 heteroatoms. The van der Waals surface area contributed by atoms with E-state index < -0.39 is 0 Å². The molecule has 0 bridgehead atoms. The number of thiophene rings is 1. The molecule has 140 valence electrons. The van der Waals surface area contributed by atoms with Crippen molar-refractivity contribution in [1.29, 1.82) is 0 Å². The minimum Gasteiger partial charge on any atom is -0.494 e. The standard InChI is InChI=1S/C23H25NO2S/c1-2-14-26-21-10-7-18(8-11-21)9-12-23(25)24-16-19-5-3-4-6-22(19)20-13-15-27-17-20/h3-8,10-11,13,15,17H,2,9,12,14,16H2,1H3,(H,24,25). The van der Waals surface area contributed by atoms with Crippen LogP contribution in [-0.2, 0) is 17.8 Å². The van der Waals surface area contributed by atoms with Crippen LogP contribution in [-0.4, -0.2) is 12.5 Å². The molecule has 0 aliphatic heterocycles. The van der Waals surface area contributed by atoms with Crippen LogP contribution in [0, 0.1) is 0 Å². The van der Waals surface area contributed by atoms with Crippen LogP contribution in [0.4, 0.5) is 0 Å². The number of amides is 1. The third kappa shape index (κ3) is 5.69. The summed E-state index contributed by atoms with van der Waals surface area (Å²) in [4.78, 5) is 12.3. The third-order valence-corrected chi connectivity index (χ3v) is 5.05. The predicted octanol–water partition coefficient (Wildman–Crippen LogP) is 5.45. The van der Waals surface area contributed by atoms with Gasteiger partial charge in [0.25, 0.3) is 0 Å². The van der Waals surface area contributed by atoms with Gasteiger partial charge in [0, 0.05) is 13.0 Å². The normalized spacial score (nSPS) is 10.6. The van der Waals surface area contributed by atoms with Crippen LogP contribution >= 0.6 is 11.3 Å². The Balaban J connectivity index is 1.49. The summed E-state index contributed by atoms with van der Waals surface area (Å²) in [6, 6.07) is 18.3. The maximum Gasteiger partial charge on any atom is 0.220 e. The number of hydrogen-bond acceptors (Lipinski definition) is 3. The SMILES string of the molecule is CCCOc1ccc(CCC(=O)NCc2ccccc2-c2ccsc2)cc1. The number of benzene rings is 2. The first-order valence-corrected chi connectivity index (χ1v) is 10.3. The van der Waals surface area contributed by atoms with E-state index in [0.29, 0.717) is 13.0 Å². The molecule has 0 spiro atoms. The van der Waals surface area contributed by atoms with Gasteiger partial charge >= 0.3 is 0 Å². The van der Waals surface area contributed by atoms with Crippen LogP contribution in [0.25, 0.3) is 11.1 Å². The second-order valence-corrected chi connectivity index (χ2v) is 7.22.